The molecule has 1 unspecified atom stereocenters. The average molecular weight is 270 g/mol. The predicted octanol–water partition coefficient (Wildman–Crippen LogP) is 1.31. The van der Waals surface area contributed by atoms with Crippen LogP contribution in [0.2, 0.25) is 0 Å². The van der Waals surface area contributed by atoms with Gasteiger partial charge in [-0.1, -0.05) is 0 Å². The molecular weight excluding hydrogens is 252 g/mol. The third-order valence-corrected chi connectivity index (χ3v) is 3.65. The Kier molecular flexibility index (Phi) is 3.52. The van der Waals surface area contributed by atoms with E-state index in [1.165, 1.54) is 0 Å². The number of piperazine rings is 1. The fraction of sp³-hybridized carbons (Fsp3) is 0.333. The lowest BCUT2D eigenvalue weighted by Crippen LogP contribution is -2.52. The molecule has 1 N–H and O–H groups in total. The van der Waals surface area contributed by atoms with E-state index in [1.807, 2.05) is 41.4 Å². The lowest BCUT2D eigenvalue weighted by atomic mass is 10.1. The zero-order valence-corrected chi connectivity index (χ0v) is 11.5. The predicted molar refractivity (Wildman–Crippen MR) is 76.9 cm³/mol. The lowest BCUT2D eigenvalue weighted by Gasteiger charge is -2.34. The van der Waals surface area contributed by atoms with Crippen molar-refractivity contribution in [3.05, 3.63) is 48.3 Å². The maximum absolute atomic E-state index is 12.5. The third kappa shape index (κ3) is 2.44. The van der Waals surface area contributed by atoms with Gasteiger partial charge in [0.2, 0.25) is 0 Å². The quantitative estimate of drug-likeness (QED) is 0.895. The molecule has 2 heterocycles. The van der Waals surface area contributed by atoms with Gasteiger partial charge in [-0.25, -0.2) is 4.68 Å². The van der Waals surface area contributed by atoms with E-state index >= 15 is 0 Å². The van der Waals surface area contributed by atoms with Crippen LogP contribution in [0, 0.1) is 0 Å². The first-order chi connectivity index (χ1) is 9.75. The number of nitrogens with zero attached hydrogens (tertiary/aromatic N) is 3. The van der Waals surface area contributed by atoms with Gasteiger partial charge in [0.1, 0.15) is 0 Å². The van der Waals surface area contributed by atoms with Crippen molar-refractivity contribution in [2.75, 3.05) is 19.6 Å². The van der Waals surface area contributed by atoms with E-state index in [1.54, 1.807) is 10.9 Å². The summed E-state index contributed by atoms with van der Waals surface area (Å²) in [5.74, 6) is 0.103. The van der Waals surface area contributed by atoms with Crippen LogP contribution in [0.3, 0.4) is 0 Å². The van der Waals surface area contributed by atoms with Crippen LogP contribution in [0.1, 0.15) is 17.3 Å². The van der Waals surface area contributed by atoms with E-state index < -0.39 is 0 Å². The van der Waals surface area contributed by atoms with Crippen LogP contribution in [-0.2, 0) is 0 Å². The number of hydrogen-bond donors (Lipinski definition) is 1. The highest BCUT2D eigenvalue weighted by Crippen LogP contribution is 2.13. The van der Waals surface area contributed by atoms with Gasteiger partial charge in [-0.15, -0.1) is 0 Å². The topological polar surface area (TPSA) is 50.2 Å². The fourth-order valence-corrected chi connectivity index (χ4v) is 2.49. The second kappa shape index (κ2) is 5.46. The molecule has 0 spiro atoms. The summed E-state index contributed by atoms with van der Waals surface area (Å²) in [5.41, 5.74) is 1.69. The molecule has 1 atom stereocenters. The van der Waals surface area contributed by atoms with E-state index in [2.05, 4.69) is 17.3 Å². The number of rotatable bonds is 2. The summed E-state index contributed by atoms with van der Waals surface area (Å²) < 4.78 is 1.78. The Labute approximate surface area is 118 Å². The molecule has 5 nitrogen and oxygen atoms in total. The van der Waals surface area contributed by atoms with Gasteiger partial charge in [0.15, 0.2) is 0 Å². The van der Waals surface area contributed by atoms with Gasteiger partial charge in [-0.05, 0) is 37.3 Å². The van der Waals surface area contributed by atoms with Gasteiger partial charge in [-0.2, -0.15) is 5.10 Å². The first-order valence-electron chi connectivity index (χ1n) is 6.87. The first kappa shape index (κ1) is 12.9. The second-order valence-corrected chi connectivity index (χ2v) is 5.05. The van der Waals surface area contributed by atoms with Crippen molar-refractivity contribution in [1.82, 2.24) is 20.0 Å². The van der Waals surface area contributed by atoms with E-state index in [0.717, 1.165) is 30.9 Å². The Balaban J connectivity index is 1.78. The molecule has 1 aliphatic heterocycles. The smallest absolute Gasteiger partial charge is 0.254 e. The summed E-state index contributed by atoms with van der Waals surface area (Å²) >= 11 is 0. The van der Waals surface area contributed by atoms with Gasteiger partial charge in [-0.3, -0.25) is 4.79 Å². The molecule has 1 saturated heterocycles. The van der Waals surface area contributed by atoms with Crippen molar-refractivity contribution in [2.24, 2.45) is 0 Å². The van der Waals surface area contributed by atoms with Crippen LogP contribution in [0.25, 0.3) is 5.69 Å². The standard InChI is InChI=1S/C15H18N4O/c1-12-11-16-8-10-18(12)15(20)13-3-5-14(6-4-13)19-9-2-7-17-19/h2-7,9,12,16H,8,10-11H2,1H3. The minimum Gasteiger partial charge on any atom is -0.333 e. The minimum absolute atomic E-state index is 0.103. The number of benzene rings is 1. The summed E-state index contributed by atoms with van der Waals surface area (Å²) in [4.78, 5) is 14.4. The Hall–Kier alpha value is -2.14. The summed E-state index contributed by atoms with van der Waals surface area (Å²) in [7, 11) is 0. The Bertz CT molecular complexity index is 576. The van der Waals surface area contributed by atoms with Crippen molar-refractivity contribution in [1.29, 1.82) is 0 Å². The van der Waals surface area contributed by atoms with Crippen LogP contribution in [0.5, 0.6) is 0 Å². The highest BCUT2D eigenvalue weighted by atomic mass is 16.2. The molecule has 1 aromatic heterocycles. The van der Waals surface area contributed by atoms with Gasteiger partial charge < -0.3 is 10.2 Å². The van der Waals surface area contributed by atoms with Gasteiger partial charge >= 0.3 is 0 Å². The molecule has 0 radical (unpaired) electrons. The first-order valence-corrected chi connectivity index (χ1v) is 6.87. The normalized spacial score (nSPS) is 19.1. The average Bonchev–Trinajstić information content (AvgIpc) is 3.01. The Morgan fingerprint density at radius 3 is 2.80 bits per heavy atom. The van der Waals surface area contributed by atoms with Crippen molar-refractivity contribution in [2.45, 2.75) is 13.0 Å². The summed E-state index contributed by atoms with van der Waals surface area (Å²) in [5, 5.41) is 7.47. The second-order valence-electron chi connectivity index (χ2n) is 5.05. The van der Waals surface area contributed by atoms with Crippen molar-refractivity contribution < 1.29 is 4.79 Å². The molecule has 2 aromatic rings. The SMILES string of the molecule is CC1CNCCN1C(=O)c1ccc(-n2cccn2)cc1. The molecule has 0 saturated carbocycles. The van der Waals surface area contributed by atoms with Crippen molar-refractivity contribution in [3.63, 3.8) is 0 Å². The van der Waals surface area contributed by atoms with E-state index in [4.69, 9.17) is 0 Å². The largest absolute Gasteiger partial charge is 0.333 e. The maximum Gasteiger partial charge on any atom is 0.254 e. The highest BCUT2D eigenvalue weighted by Gasteiger charge is 2.23. The monoisotopic (exact) mass is 270 g/mol. The van der Waals surface area contributed by atoms with Gasteiger partial charge in [0.05, 0.1) is 5.69 Å². The summed E-state index contributed by atoms with van der Waals surface area (Å²) in [6.07, 6.45) is 3.62. The number of carbonyl (C=O) groups is 1. The number of hydrogen-bond acceptors (Lipinski definition) is 3. The van der Waals surface area contributed by atoms with Crippen LogP contribution < -0.4 is 5.32 Å². The molecule has 20 heavy (non-hydrogen) atoms. The summed E-state index contributed by atoms with van der Waals surface area (Å²) in [6, 6.07) is 9.70. The van der Waals surface area contributed by atoms with Gasteiger partial charge in [0, 0.05) is 43.6 Å². The molecular formula is C15H18N4O. The zero-order valence-electron chi connectivity index (χ0n) is 11.5. The molecule has 1 fully saturated rings. The van der Waals surface area contributed by atoms with E-state index in [9.17, 15) is 4.79 Å². The van der Waals surface area contributed by atoms with Crippen molar-refractivity contribution >= 4 is 5.91 Å². The lowest BCUT2D eigenvalue weighted by molar-refractivity contribution is 0.0656. The van der Waals surface area contributed by atoms with E-state index in [-0.39, 0.29) is 11.9 Å². The summed E-state index contributed by atoms with van der Waals surface area (Å²) in [6.45, 7) is 4.56. The van der Waals surface area contributed by atoms with Crippen LogP contribution in [-0.4, -0.2) is 46.3 Å². The van der Waals surface area contributed by atoms with Gasteiger partial charge in [0.25, 0.3) is 5.91 Å². The Morgan fingerprint density at radius 2 is 2.15 bits per heavy atom. The van der Waals surface area contributed by atoms with Crippen LogP contribution in [0.15, 0.2) is 42.7 Å². The zero-order chi connectivity index (χ0) is 13.9. The Morgan fingerprint density at radius 1 is 1.35 bits per heavy atom. The van der Waals surface area contributed by atoms with Crippen molar-refractivity contribution in [3.8, 4) is 5.69 Å². The number of carbonyl (C=O) groups excluding carboxylic acids is 1. The molecule has 0 aliphatic carbocycles. The third-order valence-electron chi connectivity index (χ3n) is 3.65. The van der Waals surface area contributed by atoms with Crippen LogP contribution >= 0.6 is 0 Å². The highest BCUT2D eigenvalue weighted by molar-refractivity contribution is 5.94. The molecule has 104 valence electrons. The number of aromatic nitrogens is 2. The number of amides is 1. The molecule has 1 amide bonds. The number of nitrogens with one attached hydrogen (secondary N) is 1. The fourth-order valence-electron chi connectivity index (χ4n) is 2.49. The molecule has 1 aromatic carbocycles. The molecule has 5 heteroatoms. The molecule has 0 bridgehead atoms. The minimum atomic E-state index is 0.103. The molecule has 1 aliphatic rings. The van der Waals surface area contributed by atoms with E-state index in [0.29, 0.717) is 0 Å². The maximum atomic E-state index is 12.5. The van der Waals surface area contributed by atoms with Crippen LogP contribution in [0.4, 0.5) is 0 Å². The molecule has 3 rings (SSSR count).